The van der Waals surface area contributed by atoms with E-state index in [1.807, 2.05) is 43.3 Å². The van der Waals surface area contributed by atoms with Crippen molar-refractivity contribution in [2.75, 3.05) is 5.73 Å². The first-order chi connectivity index (χ1) is 11.1. The standard InChI is InChI=1S/C18H16BrN3O/c1-2-14-16(13-10-12(19)8-9-15(13)23)17(22-18(20)21-14)11-6-4-3-5-7-11/h3-10,23H,2H2,1H3,(H2,20,21,22). The number of hydrogen-bond donors (Lipinski definition) is 2. The summed E-state index contributed by atoms with van der Waals surface area (Å²) in [6, 6.07) is 15.1. The maximum absolute atomic E-state index is 10.3. The van der Waals surface area contributed by atoms with Gasteiger partial charge in [0.25, 0.3) is 0 Å². The van der Waals surface area contributed by atoms with Gasteiger partial charge in [-0.05, 0) is 24.6 Å². The third-order valence-electron chi connectivity index (χ3n) is 3.61. The molecule has 5 heteroatoms. The second-order valence-corrected chi connectivity index (χ2v) is 6.05. The molecular weight excluding hydrogens is 354 g/mol. The quantitative estimate of drug-likeness (QED) is 0.716. The number of anilines is 1. The van der Waals surface area contributed by atoms with Crippen LogP contribution in [0.3, 0.4) is 0 Å². The summed E-state index contributed by atoms with van der Waals surface area (Å²) in [4.78, 5) is 8.80. The Labute approximate surface area is 143 Å². The molecular formula is C18H16BrN3O. The van der Waals surface area contributed by atoms with Crippen LogP contribution in [0.2, 0.25) is 0 Å². The number of aromatic hydroxyl groups is 1. The van der Waals surface area contributed by atoms with Crippen molar-refractivity contribution in [3.63, 3.8) is 0 Å². The molecule has 0 radical (unpaired) electrons. The van der Waals surface area contributed by atoms with Gasteiger partial charge in [0.1, 0.15) is 5.75 Å². The van der Waals surface area contributed by atoms with Crippen molar-refractivity contribution in [1.82, 2.24) is 9.97 Å². The van der Waals surface area contributed by atoms with E-state index in [2.05, 4.69) is 25.9 Å². The number of benzene rings is 2. The second-order valence-electron chi connectivity index (χ2n) is 5.13. The lowest BCUT2D eigenvalue weighted by atomic mass is 9.96. The Morgan fingerprint density at radius 2 is 1.83 bits per heavy atom. The van der Waals surface area contributed by atoms with Gasteiger partial charge in [0, 0.05) is 21.2 Å². The van der Waals surface area contributed by atoms with Crippen molar-refractivity contribution in [2.45, 2.75) is 13.3 Å². The molecule has 0 fully saturated rings. The van der Waals surface area contributed by atoms with Crippen molar-refractivity contribution >= 4 is 21.9 Å². The molecule has 0 atom stereocenters. The van der Waals surface area contributed by atoms with Gasteiger partial charge in [-0.15, -0.1) is 0 Å². The average Bonchev–Trinajstić information content (AvgIpc) is 2.57. The zero-order chi connectivity index (χ0) is 16.4. The summed E-state index contributed by atoms with van der Waals surface area (Å²) in [5, 5.41) is 10.3. The van der Waals surface area contributed by atoms with Crippen molar-refractivity contribution in [2.24, 2.45) is 0 Å². The number of aromatic nitrogens is 2. The third-order valence-corrected chi connectivity index (χ3v) is 4.10. The van der Waals surface area contributed by atoms with E-state index < -0.39 is 0 Å². The van der Waals surface area contributed by atoms with Crippen molar-refractivity contribution in [3.8, 4) is 28.1 Å². The highest BCUT2D eigenvalue weighted by atomic mass is 79.9. The summed E-state index contributed by atoms with van der Waals surface area (Å²) in [5.74, 6) is 0.424. The Bertz CT molecular complexity index is 850. The van der Waals surface area contributed by atoms with Gasteiger partial charge >= 0.3 is 0 Å². The molecule has 0 aliphatic heterocycles. The minimum atomic E-state index is 0.188. The molecule has 3 N–H and O–H groups in total. The molecule has 3 aromatic rings. The molecule has 0 spiro atoms. The molecule has 23 heavy (non-hydrogen) atoms. The number of phenols is 1. The number of hydrogen-bond acceptors (Lipinski definition) is 4. The summed E-state index contributed by atoms with van der Waals surface area (Å²) in [6.45, 7) is 2.01. The Kier molecular flexibility index (Phi) is 4.30. The van der Waals surface area contributed by atoms with Crippen LogP contribution >= 0.6 is 15.9 Å². The molecule has 3 rings (SSSR count). The molecule has 0 aliphatic carbocycles. The number of nitrogens with zero attached hydrogens (tertiary/aromatic N) is 2. The normalized spacial score (nSPS) is 10.7. The van der Waals surface area contributed by atoms with E-state index in [9.17, 15) is 5.11 Å². The van der Waals surface area contributed by atoms with Gasteiger partial charge < -0.3 is 10.8 Å². The van der Waals surface area contributed by atoms with Crippen molar-refractivity contribution in [3.05, 3.63) is 58.7 Å². The predicted octanol–water partition coefficient (Wildman–Crippen LogP) is 4.42. The number of phenolic OH excluding ortho intramolecular Hbond substituents is 1. The van der Waals surface area contributed by atoms with Crippen molar-refractivity contribution < 1.29 is 5.11 Å². The van der Waals surface area contributed by atoms with Crippen LogP contribution < -0.4 is 5.73 Å². The first-order valence-electron chi connectivity index (χ1n) is 7.31. The van der Waals surface area contributed by atoms with Crippen molar-refractivity contribution in [1.29, 1.82) is 0 Å². The number of aryl methyl sites for hydroxylation is 1. The smallest absolute Gasteiger partial charge is 0.220 e. The van der Waals surface area contributed by atoms with Crippen LogP contribution in [0.1, 0.15) is 12.6 Å². The molecule has 116 valence electrons. The molecule has 4 nitrogen and oxygen atoms in total. The highest BCUT2D eigenvalue weighted by Gasteiger charge is 2.18. The van der Waals surface area contributed by atoms with Gasteiger partial charge in [-0.2, -0.15) is 0 Å². The summed E-state index contributed by atoms with van der Waals surface area (Å²) in [7, 11) is 0. The number of halogens is 1. The Hall–Kier alpha value is -2.40. The third kappa shape index (κ3) is 3.05. The minimum Gasteiger partial charge on any atom is -0.507 e. The second kappa shape index (κ2) is 6.38. The number of rotatable bonds is 3. The highest BCUT2D eigenvalue weighted by Crippen LogP contribution is 2.39. The van der Waals surface area contributed by atoms with Crippen LogP contribution in [0.15, 0.2) is 53.0 Å². The lowest BCUT2D eigenvalue weighted by Gasteiger charge is -2.15. The van der Waals surface area contributed by atoms with E-state index in [-0.39, 0.29) is 11.7 Å². The Balaban J connectivity index is 2.36. The fourth-order valence-electron chi connectivity index (χ4n) is 2.58. The fraction of sp³-hybridized carbons (Fsp3) is 0.111. The lowest BCUT2D eigenvalue weighted by molar-refractivity contribution is 0.477. The molecule has 0 amide bonds. The Morgan fingerprint density at radius 1 is 1.09 bits per heavy atom. The number of nitrogen functional groups attached to an aromatic ring is 1. The largest absolute Gasteiger partial charge is 0.507 e. The lowest BCUT2D eigenvalue weighted by Crippen LogP contribution is -2.04. The van der Waals surface area contributed by atoms with Gasteiger partial charge in [-0.1, -0.05) is 53.2 Å². The minimum absolute atomic E-state index is 0.188. The average molecular weight is 370 g/mol. The van der Waals surface area contributed by atoms with E-state index in [1.54, 1.807) is 12.1 Å². The Morgan fingerprint density at radius 3 is 2.52 bits per heavy atom. The van der Waals surface area contributed by atoms with Gasteiger partial charge in [0.05, 0.1) is 11.4 Å². The van der Waals surface area contributed by atoms with Crippen LogP contribution in [0.25, 0.3) is 22.4 Å². The van der Waals surface area contributed by atoms with Gasteiger partial charge in [0.2, 0.25) is 5.95 Å². The fourth-order valence-corrected chi connectivity index (χ4v) is 2.94. The van der Waals surface area contributed by atoms with E-state index >= 15 is 0 Å². The topological polar surface area (TPSA) is 72.0 Å². The first-order valence-corrected chi connectivity index (χ1v) is 8.10. The monoisotopic (exact) mass is 369 g/mol. The molecule has 0 saturated carbocycles. The van der Waals surface area contributed by atoms with Crippen LogP contribution in [-0.2, 0) is 6.42 Å². The first kappa shape index (κ1) is 15.5. The van der Waals surface area contributed by atoms with E-state index in [0.717, 1.165) is 27.0 Å². The summed E-state index contributed by atoms with van der Waals surface area (Å²) >= 11 is 3.46. The van der Waals surface area contributed by atoms with E-state index in [1.165, 1.54) is 0 Å². The number of nitrogens with two attached hydrogens (primary N) is 1. The van der Waals surface area contributed by atoms with Crippen LogP contribution in [0.4, 0.5) is 5.95 Å². The van der Waals surface area contributed by atoms with Crippen LogP contribution in [0.5, 0.6) is 5.75 Å². The molecule has 1 aromatic heterocycles. The SMILES string of the molecule is CCc1nc(N)nc(-c2ccccc2)c1-c1cc(Br)ccc1O. The molecule has 0 unspecified atom stereocenters. The van der Waals surface area contributed by atoms with E-state index in [4.69, 9.17) is 5.73 Å². The zero-order valence-electron chi connectivity index (χ0n) is 12.6. The molecule has 2 aromatic carbocycles. The summed E-state index contributed by atoms with van der Waals surface area (Å²) in [5.41, 5.74) is 9.87. The van der Waals surface area contributed by atoms with Gasteiger partial charge in [-0.25, -0.2) is 9.97 Å². The maximum Gasteiger partial charge on any atom is 0.220 e. The summed E-state index contributed by atoms with van der Waals surface area (Å²) in [6.07, 6.45) is 0.688. The zero-order valence-corrected chi connectivity index (χ0v) is 14.2. The van der Waals surface area contributed by atoms with E-state index in [0.29, 0.717) is 12.0 Å². The van der Waals surface area contributed by atoms with Crippen LogP contribution in [0, 0.1) is 0 Å². The highest BCUT2D eigenvalue weighted by molar-refractivity contribution is 9.10. The molecule has 1 heterocycles. The van der Waals surface area contributed by atoms with Crippen LogP contribution in [-0.4, -0.2) is 15.1 Å². The molecule has 0 saturated heterocycles. The predicted molar refractivity (Wildman–Crippen MR) is 96.1 cm³/mol. The summed E-state index contributed by atoms with van der Waals surface area (Å²) < 4.78 is 0.878. The maximum atomic E-state index is 10.3. The molecule has 0 aliphatic rings. The molecule has 0 bridgehead atoms. The van der Waals surface area contributed by atoms with Gasteiger partial charge in [-0.3, -0.25) is 0 Å². The van der Waals surface area contributed by atoms with Gasteiger partial charge in [0.15, 0.2) is 0 Å².